The van der Waals surface area contributed by atoms with Gasteiger partial charge in [0, 0.05) is 22.0 Å². The molecule has 2 heterocycles. The lowest BCUT2D eigenvalue weighted by Gasteiger charge is -2.17. The monoisotopic (exact) mass is 648 g/mol. The summed E-state index contributed by atoms with van der Waals surface area (Å²) in [6.45, 7) is 0. The second kappa shape index (κ2) is 10.8. The fourth-order valence-corrected chi connectivity index (χ4v) is 8.38. The average Bonchev–Trinajstić information content (AvgIpc) is 3.48. The Morgan fingerprint density at radius 2 is 1.10 bits per heavy atom. The molecule has 0 radical (unpaired) electrons. The van der Waals surface area contributed by atoms with Gasteiger partial charge in [-0.2, -0.15) is 4.57 Å². The van der Waals surface area contributed by atoms with Gasteiger partial charge in [0.15, 0.2) is 5.52 Å². The minimum Gasteiger partial charge on any atom is -0.309 e. The van der Waals surface area contributed by atoms with Crippen molar-refractivity contribution in [3.8, 4) is 56.1 Å². The Morgan fingerprint density at radius 3 is 1.90 bits per heavy atom. The predicted octanol–water partition coefficient (Wildman–Crippen LogP) is 11.7. The SMILES string of the molecule is c1ccc(-c2ccc3c4c2-c2ccccc2-c2cccc5ccc(c4c25)n3-c2ccc3nc(-c4ccccc4)[n+](-c4ccccc4)cc3c2)cc1. The maximum atomic E-state index is 5.27. The van der Waals surface area contributed by atoms with Crippen LogP contribution in [-0.4, -0.2) is 9.55 Å². The molecule has 0 fully saturated rings. The molecule has 0 unspecified atom stereocenters. The molecule has 0 amide bonds. The zero-order chi connectivity index (χ0) is 33.5. The Hall–Kier alpha value is -6.84. The van der Waals surface area contributed by atoms with E-state index in [1.165, 1.54) is 66.0 Å². The summed E-state index contributed by atoms with van der Waals surface area (Å²) >= 11 is 0. The van der Waals surface area contributed by atoms with E-state index in [1.807, 2.05) is 6.07 Å². The quantitative estimate of drug-likeness (QED) is 0.174. The largest absolute Gasteiger partial charge is 0.336 e. The summed E-state index contributed by atoms with van der Waals surface area (Å²) in [5.41, 5.74) is 14.2. The number of hydrogen-bond donors (Lipinski definition) is 0. The molecule has 10 aromatic rings. The van der Waals surface area contributed by atoms with Crippen LogP contribution in [0.4, 0.5) is 0 Å². The summed E-state index contributed by atoms with van der Waals surface area (Å²) in [7, 11) is 0. The van der Waals surface area contributed by atoms with Crippen molar-refractivity contribution in [2.75, 3.05) is 0 Å². The third-order valence-electron chi connectivity index (χ3n) is 10.6. The van der Waals surface area contributed by atoms with Crippen molar-refractivity contribution in [3.05, 3.63) is 182 Å². The molecule has 8 aromatic carbocycles. The van der Waals surface area contributed by atoms with Gasteiger partial charge in [0.05, 0.1) is 22.0 Å². The van der Waals surface area contributed by atoms with E-state index in [4.69, 9.17) is 4.98 Å². The maximum Gasteiger partial charge on any atom is 0.336 e. The maximum absolute atomic E-state index is 5.27. The molecule has 1 aliphatic carbocycles. The van der Waals surface area contributed by atoms with E-state index in [9.17, 15) is 0 Å². The zero-order valence-corrected chi connectivity index (χ0v) is 27.7. The summed E-state index contributed by atoms with van der Waals surface area (Å²) in [5.74, 6) is 0.914. The van der Waals surface area contributed by atoms with Crippen molar-refractivity contribution < 1.29 is 4.57 Å². The minimum atomic E-state index is 0.914. The summed E-state index contributed by atoms with van der Waals surface area (Å²) in [5, 5.41) is 6.25. The van der Waals surface area contributed by atoms with Crippen LogP contribution in [0.3, 0.4) is 0 Å². The van der Waals surface area contributed by atoms with Crippen molar-refractivity contribution in [2.45, 2.75) is 0 Å². The van der Waals surface area contributed by atoms with Crippen molar-refractivity contribution >= 4 is 43.5 Å². The highest BCUT2D eigenvalue weighted by atomic mass is 15.1. The number of fused-ring (bicyclic) bond motifs is 4. The smallest absolute Gasteiger partial charge is 0.309 e. The third-order valence-corrected chi connectivity index (χ3v) is 10.6. The normalized spacial score (nSPS) is 11.9. The minimum absolute atomic E-state index is 0.914. The molecule has 3 heteroatoms. The molecule has 0 bridgehead atoms. The molecular weight excluding hydrogens is 619 g/mol. The fourth-order valence-electron chi connectivity index (χ4n) is 8.38. The van der Waals surface area contributed by atoms with Gasteiger partial charge in [-0.1, -0.05) is 121 Å². The standard InChI is InChI=1S/C48H30N3/c1-4-13-31(14-5-1)37-25-28-43-47-45(37)40-21-11-10-20-38(40)39-22-12-17-32-23-27-42(46(47)44(32)39)51(43)36-24-26-41-34(29-36)30-50(35-18-8-3-9-19-35)48(49-41)33-15-6-2-7-16-33/h1-30H/q+1. The molecule has 0 spiro atoms. The summed E-state index contributed by atoms with van der Waals surface area (Å²) < 4.78 is 4.68. The molecule has 0 N–H and O–H groups in total. The van der Waals surface area contributed by atoms with Gasteiger partial charge in [-0.15, -0.1) is 0 Å². The van der Waals surface area contributed by atoms with Crippen LogP contribution in [0.15, 0.2) is 182 Å². The van der Waals surface area contributed by atoms with E-state index in [0.29, 0.717) is 0 Å². The number of rotatable bonds is 4. The van der Waals surface area contributed by atoms with E-state index in [0.717, 1.165) is 33.7 Å². The van der Waals surface area contributed by atoms with Gasteiger partial charge < -0.3 is 4.57 Å². The lowest BCUT2D eigenvalue weighted by Crippen LogP contribution is -2.34. The topological polar surface area (TPSA) is 21.7 Å². The van der Waals surface area contributed by atoms with E-state index < -0.39 is 0 Å². The summed E-state index contributed by atoms with van der Waals surface area (Å²) in [6, 6.07) is 63.4. The Kier molecular flexibility index (Phi) is 5.96. The van der Waals surface area contributed by atoms with Gasteiger partial charge in [-0.3, -0.25) is 0 Å². The van der Waals surface area contributed by atoms with E-state index >= 15 is 0 Å². The molecule has 3 nitrogen and oxygen atoms in total. The Balaban J connectivity index is 1.25. The van der Waals surface area contributed by atoms with Crippen molar-refractivity contribution in [2.24, 2.45) is 0 Å². The molecule has 51 heavy (non-hydrogen) atoms. The summed E-state index contributed by atoms with van der Waals surface area (Å²) in [4.78, 5) is 5.27. The number of benzene rings is 8. The molecule has 0 saturated carbocycles. The van der Waals surface area contributed by atoms with Crippen LogP contribution < -0.4 is 4.57 Å². The van der Waals surface area contributed by atoms with Crippen molar-refractivity contribution in [3.63, 3.8) is 0 Å². The van der Waals surface area contributed by atoms with Gasteiger partial charge in [0.2, 0.25) is 0 Å². The second-order valence-electron chi connectivity index (χ2n) is 13.4. The number of para-hydroxylation sites is 1. The molecule has 236 valence electrons. The van der Waals surface area contributed by atoms with Crippen LogP contribution >= 0.6 is 0 Å². The van der Waals surface area contributed by atoms with E-state index in [2.05, 4.69) is 185 Å². The first-order valence-corrected chi connectivity index (χ1v) is 17.5. The Morgan fingerprint density at radius 1 is 0.431 bits per heavy atom. The number of hydrogen-bond acceptors (Lipinski definition) is 1. The first-order chi connectivity index (χ1) is 25.3. The van der Waals surface area contributed by atoms with Gasteiger partial charge >= 0.3 is 5.82 Å². The zero-order valence-electron chi connectivity index (χ0n) is 27.7. The number of nitrogens with zero attached hydrogens (tertiary/aromatic N) is 3. The highest BCUT2D eigenvalue weighted by molar-refractivity contribution is 6.31. The van der Waals surface area contributed by atoms with Crippen molar-refractivity contribution in [1.29, 1.82) is 0 Å². The highest BCUT2D eigenvalue weighted by Crippen LogP contribution is 2.52. The average molecular weight is 649 g/mol. The molecular formula is C48H30N3+. The number of aromatic nitrogens is 3. The van der Waals surface area contributed by atoms with Crippen molar-refractivity contribution in [1.82, 2.24) is 9.55 Å². The van der Waals surface area contributed by atoms with Crippen LogP contribution in [0.25, 0.3) is 99.6 Å². The Labute approximate surface area is 295 Å². The van der Waals surface area contributed by atoms with E-state index in [-0.39, 0.29) is 0 Å². The van der Waals surface area contributed by atoms with Gasteiger partial charge in [0.1, 0.15) is 11.9 Å². The third kappa shape index (κ3) is 4.12. The molecule has 0 saturated heterocycles. The first-order valence-electron chi connectivity index (χ1n) is 17.5. The first kappa shape index (κ1) is 28.0. The lowest BCUT2D eigenvalue weighted by atomic mass is 9.88. The molecule has 0 atom stereocenters. The van der Waals surface area contributed by atoms with Crippen LogP contribution in [0.2, 0.25) is 0 Å². The second-order valence-corrected chi connectivity index (χ2v) is 13.4. The molecule has 11 rings (SSSR count). The highest BCUT2D eigenvalue weighted by Gasteiger charge is 2.27. The van der Waals surface area contributed by atoms with Gasteiger partial charge in [-0.05, 0) is 98.2 Å². The lowest BCUT2D eigenvalue weighted by molar-refractivity contribution is -0.585. The molecule has 1 aliphatic rings. The van der Waals surface area contributed by atoms with Gasteiger partial charge in [-0.25, -0.2) is 0 Å². The molecule has 2 aromatic heterocycles. The van der Waals surface area contributed by atoms with Crippen LogP contribution in [-0.2, 0) is 0 Å². The predicted molar refractivity (Wildman–Crippen MR) is 210 cm³/mol. The van der Waals surface area contributed by atoms with Crippen LogP contribution in [0.5, 0.6) is 0 Å². The molecule has 0 aliphatic heterocycles. The fraction of sp³-hybridized carbons (Fsp3) is 0. The van der Waals surface area contributed by atoms with Crippen LogP contribution in [0.1, 0.15) is 0 Å². The van der Waals surface area contributed by atoms with E-state index in [1.54, 1.807) is 0 Å². The van der Waals surface area contributed by atoms with Gasteiger partial charge in [0.25, 0.3) is 0 Å². The Bertz CT molecular complexity index is 3000. The van der Waals surface area contributed by atoms with Crippen LogP contribution in [0, 0.1) is 0 Å². The summed E-state index contributed by atoms with van der Waals surface area (Å²) in [6.07, 6.45) is 2.24.